The van der Waals surface area contributed by atoms with Crippen molar-refractivity contribution in [3.8, 4) is 17.2 Å². The fraction of sp³-hybridized carbons (Fsp3) is 0.500. The average molecular weight is 569 g/mol. The first-order valence-corrected chi connectivity index (χ1v) is 13.8. The molecule has 2 heterocycles. The van der Waals surface area contributed by atoms with Crippen LogP contribution in [0.5, 0.6) is 11.5 Å². The van der Waals surface area contributed by atoms with Crippen LogP contribution in [0.25, 0.3) is 5.69 Å². The first-order valence-electron chi connectivity index (χ1n) is 11.8. The lowest BCUT2D eigenvalue weighted by Gasteiger charge is -2.25. The van der Waals surface area contributed by atoms with Gasteiger partial charge < -0.3 is 18.9 Å². The number of rotatable bonds is 11. The summed E-state index contributed by atoms with van der Waals surface area (Å²) < 4.78 is 53.7. The number of ether oxygens (including phenoxy) is 4. The normalized spacial score (nSPS) is 18.5. The van der Waals surface area contributed by atoms with Gasteiger partial charge in [0.1, 0.15) is 34.4 Å². The second kappa shape index (κ2) is 13.2. The minimum atomic E-state index is -4.14. The lowest BCUT2D eigenvalue weighted by Crippen LogP contribution is -2.41. The first kappa shape index (κ1) is 29.6. The van der Waals surface area contributed by atoms with E-state index in [0.29, 0.717) is 41.3 Å². The van der Waals surface area contributed by atoms with Crippen molar-refractivity contribution in [3.05, 3.63) is 35.3 Å². The van der Waals surface area contributed by atoms with Crippen LogP contribution in [0.4, 0.5) is 5.95 Å². The fourth-order valence-electron chi connectivity index (χ4n) is 4.09. The Kier molecular flexibility index (Phi) is 10.3. The zero-order chi connectivity index (χ0) is 27.9. The van der Waals surface area contributed by atoms with Gasteiger partial charge in [-0.15, -0.1) is 10.2 Å². The first-order chi connectivity index (χ1) is 18.2. The molecule has 1 saturated heterocycles. The number of nitrogens with zero attached hydrogens (tertiary/aromatic N) is 5. The molecule has 0 aliphatic carbocycles. The van der Waals surface area contributed by atoms with Crippen LogP contribution in [0, 0.1) is 0 Å². The van der Waals surface area contributed by atoms with E-state index in [4.69, 9.17) is 30.5 Å². The van der Waals surface area contributed by atoms with Crippen molar-refractivity contribution in [2.24, 2.45) is 9.98 Å². The molecule has 0 spiro atoms. The van der Waals surface area contributed by atoms with Crippen LogP contribution in [0.3, 0.4) is 0 Å². The molecule has 3 rings (SSSR count). The summed E-state index contributed by atoms with van der Waals surface area (Å²) in [6.07, 6.45) is 1.91. The molecule has 14 heteroatoms. The number of halogens is 1. The van der Waals surface area contributed by atoms with Crippen molar-refractivity contribution < 1.29 is 27.4 Å². The highest BCUT2D eigenvalue weighted by molar-refractivity contribution is 7.93. The van der Waals surface area contributed by atoms with Gasteiger partial charge >= 0.3 is 0 Å². The third kappa shape index (κ3) is 6.52. The van der Waals surface area contributed by atoms with E-state index in [1.165, 1.54) is 34.5 Å². The number of methoxy groups -OCH3 is 3. The highest BCUT2D eigenvalue weighted by Gasteiger charge is 2.36. The highest BCUT2D eigenvalue weighted by Crippen LogP contribution is 2.38. The van der Waals surface area contributed by atoms with Crippen LogP contribution in [-0.4, -0.2) is 81.6 Å². The summed E-state index contributed by atoms with van der Waals surface area (Å²) in [5.41, 5.74) is 0.453. The number of hydrogen-bond acceptors (Lipinski definition) is 9. The number of aromatic nitrogens is 3. The Morgan fingerprint density at radius 3 is 2.50 bits per heavy atom. The van der Waals surface area contributed by atoms with Crippen LogP contribution >= 0.6 is 11.6 Å². The minimum Gasteiger partial charge on any atom is -0.494 e. The third-order valence-electron chi connectivity index (χ3n) is 6.03. The molecule has 12 nitrogen and oxygen atoms in total. The SMILES string of the molecule is C=NC(=N/C=C(\C)Cl)[C@@H](OC)[C@H](C)S(=O)(=O)Nc1nnc([C@H]2CCCOC2)n1-c1c(OC)cccc1OC. The fourth-order valence-corrected chi connectivity index (χ4v) is 5.27. The van der Waals surface area contributed by atoms with Gasteiger partial charge in [-0.3, -0.25) is 9.29 Å². The number of benzene rings is 1. The maximum Gasteiger partial charge on any atom is 0.243 e. The topological polar surface area (TPSA) is 139 Å². The van der Waals surface area contributed by atoms with Crippen LogP contribution in [0.2, 0.25) is 0 Å². The second-order valence-electron chi connectivity index (χ2n) is 8.51. The van der Waals surface area contributed by atoms with Crippen molar-refractivity contribution in [2.45, 2.75) is 44.0 Å². The van der Waals surface area contributed by atoms with Gasteiger partial charge in [0.15, 0.2) is 5.84 Å². The molecule has 1 aromatic heterocycles. The van der Waals surface area contributed by atoms with Gasteiger partial charge in [-0.2, -0.15) is 0 Å². The van der Waals surface area contributed by atoms with Gasteiger partial charge in [0.05, 0.1) is 20.8 Å². The van der Waals surface area contributed by atoms with E-state index >= 15 is 0 Å². The molecule has 0 radical (unpaired) electrons. The molecule has 208 valence electrons. The number of hydrogen-bond donors (Lipinski definition) is 1. The number of amidine groups is 1. The summed E-state index contributed by atoms with van der Waals surface area (Å²) in [4.78, 5) is 7.97. The van der Waals surface area contributed by atoms with E-state index < -0.39 is 21.4 Å². The molecule has 1 aliphatic heterocycles. The van der Waals surface area contributed by atoms with Crippen LogP contribution in [0.1, 0.15) is 38.4 Å². The molecule has 0 unspecified atom stereocenters. The minimum absolute atomic E-state index is 0.0448. The Hall–Kier alpha value is -3.00. The van der Waals surface area contributed by atoms with E-state index in [1.54, 1.807) is 29.7 Å². The van der Waals surface area contributed by atoms with E-state index in [2.05, 4.69) is 31.6 Å². The number of para-hydroxylation sites is 1. The van der Waals surface area contributed by atoms with Crippen LogP contribution in [0.15, 0.2) is 39.4 Å². The summed E-state index contributed by atoms with van der Waals surface area (Å²) in [6.45, 7) is 7.65. The number of anilines is 1. The van der Waals surface area contributed by atoms with E-state index in [0.717, 1.165) is 12.8 Å². The molecule has 2 aromatic rings. The number of nitrogens with one attached hydrogen (secondary N) is 1. The van der Waals surface area contributed by atoms with Crippen LogP contribution in [-0.2, 0) is 19.5 Å². The molecule has 1 fully saturated rings. The highest BCUT2D eigenvalue weighted by atomic mass is 35.5. The van der Waals surface area contributed by atoms with Gasteiger partial charge in [0.25, 0.3) is 0 Å². The number of allylic oxidation sites excluding steroid dienone is 1. The van der Waals surface area contributed by atoms with Gasteiger partial charge in [0, 0.05) is 30.9 Å². The summed E-state index contributed by atoms with van der Waals surface area (Å²) in [5.74, 6) is 1.29. The molecule has 3 atom stereocenters. The summed E-state index contributed by atoms with van der Waals surface area (Å²) in [5, 5.41) is 7.80. The third-order valence-corrected chi connectivity index (χ3v) is 7.82. The Balaban J connectivity index is 2.11. The monoisotopic (exact) mass is 568 g/mol. The zero-order valence-corrected chi connectivity index (χ0v) is 23.6. The smallest absolute Gasteiger partial charge is 0.243 e. The van der Waals surface area contributed by atoms with Crippen molar-refractivity contribution in [3.63, 3.8) is 0 Å². The summed E-state index contributed by atoms with van der Waals surface area (Å²) >= 11 is 5.87. The standard InChI is InChI=1S/C24H33ClN6O6S/c1-15(25)13-27-22(26-3)21(36-6)16(2)38(32,33)30-24-29-28-23(17-9-8-12-37-14-17)31(24)20-18(34-4)10-7-11-19(20)35-5/h7,10-11,13,16-17,21H,3,8-9,12,14H2,1-2,4-6H3,(H,29,30)/b15-13+,27-22?/t16-,17-,21-/m0/s1. The lowest BCUT2D eigenvalue weighted by atomic mass is 10.0. The Morgan fingerprint density at radius 1 is 1.29 bits per heavy atom. The molecule has 1 aliphatic rings. The molecule has 0 bridgehead atoms. The van der Waals surface area contributed by atoms with Gasteiger partial charge in [-0.1, -0.05) is 17.7 Å². The predicted molar refractivity (Wildman–Crippen MR) is 147 cm³/mol. The molecule has 0 saturated carbocycles. The molecule has 1 aromatic carbocycles. The van der Waals surface area contributed by atoms with Gasteiger partial charge in [-0.05, 0) is 45.5 Å². The number of sulfonamides is 1. The molecular weight excluding hydrogens is 536 g/mol. The van der Waals surface area contributed by atoms with Gasteiger partial charge in [-0.25, -0.2) is 18.4 Å². The zero-order valence-electron chi connectivity index (χ0n) is 22.0. The summed E-state index contributed by atoms with van der Waals surface area (Å²) in [7, 11) is 0.251. The Morgan fingerprint density at radius 2 is 1.97 bits per heavy atom. The predicted octanol–water partition coefficient (Wildman–Crippen LogP) is 3.52. The largest absolute Gasteiger partial charge is 0.494 e. The Labute approximate surface area is 227 Å². The molecule has 0 amide bonds. The maximum absolute atomic E-state index is 13.6. The maximum atomic E-state index is 13.6. The summed E-state index contributed by atoms with van der Waals surface area (Å²) in [6, 6.07) is 5.25. The quantitative estimate of drug-likeness (QED) is 0.321. The van der Waals surface area contributed by atoms with Gasteiger partial charge in [0.2, 0.25) is 16.0 Å². The lowest BCUT2D eigenvalue weighted by molar-refractivity contribution is 0.0775. The molecule has 1 N–H and O–H groups in total. The van der Waals surface area contributed by atoms with E-state index in [1.807, 2.05) is 0 Å². The Bertz CT molecular complexity index is 1260. The number of aliphatic imine (C=N–C) groups is 2. The second-order valence-corrected chi connectivity index (χ2v) is 11.1. The van der Waals surface area contributed by atoms with Crippen molar-refractivity contribution in [2.75, 3.05) is 39.3 Å². The van der Waals surface area contributed by atoms with E-state index in [9.17, 15) is 8.42 Å². The molecule has 38 heavy (non-hydrogen) atoms. The molecular formula is C24H33ClN6O6S. The van der Waals surface area contributed by atoms with E-state index in [-0.39, 0.29) is 17.7 Å². The van der Waals surface area contributed by atoms with Crippen molar-refractivity contribution in [1.29, 1.82) is 0 Å². The van der Waals surface area contributed by atoms with Crippen molar-refractivity contribution >= 4 is 40.1 Å². The van der Waals surface area contributed by atoms with Crippen molar-refractivity contribution in [1.82, 2.24) is 14.8 Å². The average Bonchev–Trinajstić information content (AvgIpc) is 3.32. The van der Waals surface area contributed by atoms with Crippen LogP contribution < -0.4 is 14.2 Å².